The molecule has 0 fully saturated rings. The Morgan fingerprint density at radius 2 is 2.40 bits per heavy atom. The molecule has 0 saturated heterocycles. The van der Waals surface area contributed by atoms with Gasteiger partial charge in [0.25, 0.3) is 0 Å². The van der Waals surface area contributed by atoms with Gasteiger partial charge in [0, 0.05) is 12.1 Å². The average molecular weight is 207 g/mol. The number of hydrogen-bond donors (Lipinski definition) is 1. The zero-order valence-corrected chi connectivity index (χ0v) is 9.74. The van der Waals surface area contributed by atoms with E-state index in [0.29, 0.717) is 5.92 Å². The Hall–Kier alpha value is -1.05. The highest BCUT2D eigenvalue weighted by Crippen LogP contribution is 2.25. The van der Waals surface area contributed by atoms with E-state index in [-0.39, 0.29) is 0 Å². The second kappa shape index (κ2) is 6.44. The summed E-state index contributed by atoms with van der Waals surface area (Å²) in [5, 5.41) is 11.5. The Morgan fingerprint density at radius 3 is 2.93 bits per heavy atom. The highest BCUT2D eigenvalue weighted by Gasteiger charge is 2.11. The van der Waals surface area contributed by atoms with Gasteiger partial charge in [0.1, 0.15) is 0 Å². The molecule has 0 heterocycles. The second-order valence-electron chi connectivity index (χ2n) is 4.48. The lowest BCUT2D eigenvalue weighted by Gasteiger charge is -2.17. The predicted octanol–water partition coefficient (Wildman–Crippen LogP) is 3.92. The third-order valence-electron chi connectivity index (χ3n) is 2.84. The smallest absolute Gasteiger partial charge is 0.0470 e. The van der Waals surface area contributed by atoms with Crippen LogP contribution in [-0.2, 0) is 0 Å². The summed E-state index contributed by atoms with van der Waals surface area (Å²) in [5.41, 5.74) is 2.96. The van der Waals surface area contributed by atoms with Crippen LogP contribution < -0.4 is 0 Å². The van der Waals surface area contributed by atoms with E-state index in [1.54, 1.807) is 11.8 Å². The largest absolute Gasteiger partial charge is 0.411 e. The summed E-state index contributed by atoms with van der Waals surface area (Å²) in [5.74, 6) is 0.446. The molecule has 0 aromatic rings. The van der Waals surface area contributed by atoms with Crippen LogP contribution in [-0.4, -0.2) is 11.4 Å². The number of oxime groups is 1. The predicted molar refractivity (Wildman–Crippen MR) is 64.4 cm³/mol. The van der Waals surface area contributed by atoms with E-state index >= 15 is 0 Å². The van der Waals surface area contributed by atoms with E-state index in [1.165, 1.54) is 12.0 Å². The average Bonchev–Trinajstić information content (AvgIpc) is 2.20. The van der Waals surface area contributed by atoms with Gasteiger partial charge >= 0.3 is 0 Å². The Bertz CT molecular complexity index is 272. The molecule has 1 rings (SSSR count). The van der Waals surface area contributed by atoms with Gasteiger partial charge in [-0.2, -0.15) is 0 Å². The van der Waals surface area contributed by atoms with Crippen LogP contribution in [0.15, 0.2) is 28.5 Å². The fourth-order valence-corrected chi connectivity index (χ4v) is 1.91. The van der Waals surface area contributed by atoms with Crippen molar-refractivity contribution in [2.45, 2.75) is 46.0 Å². The van der Waals surface area contributed by atoms with Gasteiger partial charge in [0.05, 0.1) is 0 Å². The number of nitrogens with zero attached hydrogens (tertiary/aromatic N) is 1. The first kappa shape index (κ1) is 12.0. The van der Waals surface area contributed by atoms with Gasteiger partial charge in [-0.3, -0.25) is 0 Å². The van der Waals surface area contributed by atoms with Crippen molar-refractivity contribution < 1.29 is 5.21 Å². The van der Waals surface area contributed by atoms with Crippen molar-refractivity contribution in [3.8, 4) is 0 Å². The third-order valence-corrected chi connectivity index (χ3v) is 2.84. The highest BCUT2D eigenvalue weighted by molar-refractivity contribution is 5.60. The molecule has 1 aliphatic carbocycles. The van der Waals surface area contributed by atoms with E-state index in [4.69, 9.17) is 5.21 Å². The first-order chi connectivity index (χ1) is 7.22. The van der Waals surface area contributed by atoms with Crippen LogP contribution in [0.5, 0.6) is 0 Å². The van der Waals surface area contributed by atoms with Crippen molar-refractivity contribution >= 4 is 6.21 Å². The van der Waals surface area contributed by atoms with Crippen molar-refractivity contribution in [1.82, 2.24) is 0 Å². The number of hydrogen-bond acceptors (Lipinski definition) is 2. The van der Waals surface area contributed by atoms with Crippen LogP contribution in [0.4, 0.5) is 0 Å². The molecule has 0 aliphatic heterocycles. The minimum Gasteiger partial charge on any atom is -0.411 e. The third kappa shape index (κ3) is 4.82. The number of allylic oxidation sites excluding steroid dienone is 4. The molecule has 1 unspecified atom stereocenters. The summed E-state index contributed by atoms with van der Waals surface area (Å²) in [6, 6.07) is 0. The molecule has 0 radical (unpaired) electrons. The van der Waals surface area contributed by atoms with Crippen molar-refractivity contribution in [1.29, 1.82) is 0 Å². The molecule has 0 aromatic carbocycles. The fraction of sp³-hybridized carbons (Fsp3) is 0.615. The van der Waals surface area contributed by atoms with Gasteiger partial charge in [-0.1, -0.05) is 23.3 Å². The summed E-state index contributed by atoms with van der Waals surface area (Å²) in [7, 11) is 0. The van der Waals surface area contributed by atoms with Gasteiger partial charge in [-0.25, -0.2) is 0 Å². The molecule has 1 aliphatic rings. The maximum absolute atomic E-state index is 8.43. The highest BCUT2D eigenvalue weighted by atomic mass is 16.4. The van der Waals surface area contributed by atoms with Crippen molar-refractivity contribution in [2.75, 3.05) is 0 Å². The zero-order valence-electron chi connectivity index (χ0n) is 9.74. The van der Waals surface area contributed by atoms with Gasteiger partial charge < -0.3 is 5.21 Å². The minimum atomic E-state index is 0.446. The van der Waals surface area contributed by atoms with Crippen LogP contribution in [0.3, 0.4) is 0 Å². The van der Waals surface area contributed by atoms with Crippen LogP contribution in [0.2, 0.25) is 0 Å². The van der Waals surface area contributed by atoms with E-state index in [0.717, 1.165) is 25.7 Å². The summed E-state index contributed by atoms with van der Waals surface area (Å²) < 4.78 is 0. The lowest BCUT2D eigenvalue weighted by Crippen LogP contribution is -2.06. The molecule has 84 valence electrons. The summed E-state index contributed by atoms with van der Waals surface area (Å²) in [6.07, 6.45) is 11.9. The van der Waals surface area contributed by atoms with Crippen LogP contribution in [0, 0.1) is 5.92 Å². The zero-order chi connectivity index (χ0) is 11.1. The summed E-state index contributed by atoms with van der Waals surface area (Å²) in [4.78, 5) is 0. The summed E-state index contributed by atoms with van der Waals surface area (Å²) in [6.45, 7) is 4.28. The lowest BCUT2D eigenvalue weighted by atomic mass is 9.88. The monoisotopic (exact) mass is 207 g/mol. The normalized spacial score (nSPS) is 21.5. The quantitative estimate of drug-likeness (QED) is 0.322. The van der Waals surface area contributed by atoms with Gasteiger partial charge in [-0.15, -0.1) is 5.16 Å². The number of rotatable bonds is 4. The maximum Gasteiger partial charge on any atom is 0.0470 e. The first-order valence-corrected chi connectivity index (χ1v) is 5.71. The molecule has 1 atom stereocenters. The molecule has 2 heteroatoms. The van der Waals surface area contributed by atoms with Gasteiger partial charge in [0.2, 0.25) is 0 Å². The van der Waals surface area contributed by atoms with E-state index in [2.05, 4.69) is 31.2 Å². The van der Waals surface area contributed by atoms with E-state index < -0.39 is 0 Å². The van der Waals surface area contributed by atoms with Crippen LogP contribution in [0.25, 0.3) is 0 Å². The van der Waals surface area contributed by atoms with Crippen LogP contribution in [0.1, 0.15) is 46.0 Å². The van der Waals surface area contributed by atoms with Crippen molar-refractivity contribution in [3.05, 3.63) is 23.3 Å². The van der Waals surface area contributed by atoms with E-state index in [9.17, 15) is 0 Å². The van der Waals surface area contributed by atoms with Gasteiger partial charge in [0.15, 0.2) is 0 Å². The Morgan fingerprint density at radius 1 is 1.60 bits per heavy atom. The van der Waals surface area contributed by atoms with Crippen molar-refractivity contribution in [2.24, 2.45) is 11.1 Å². The Balaban J connectivity index is 2.31. The topological polar surface area (TPSA) is 32.6 Å². The molecular formula is C13H21NO. The van der Waals surface area contributed by atoms with Crippen molar-refractivity contribution in [3.63, 3.8) is 0 Å². The SMILES string of the molecule is CC(C)=CCCC1=CCC(/C=N/O)CC1. The molecule has 0 aromatic heterocycles. The lowest BCUT2D eigenvalue weighted by molar-refractivity contribution is 0.317. The Kier molecular flexibility index (Phi) is 5.16. The van der Waals surface area contributed by atoms with E-state index in [1.807, 2.05) is 0 Å². The minimum absolute atomic E-state index is 0.446. The Labute approximate surface area is 92.4 Å². The molecular weight excluding hydrogens is 186 g/mol. The molecule has 0 amide bonds. The maximum atomic E-state index is 8.43. The fourth-order valence-electron chi connectivity index (χ4n) is 1.91. The molecule has 1 N–H and O–H groups in total. The summed E-state index contributed by atoms with van der Waals surface area (Å²) >= 11 is 0. The molecule has 0 spiro atoms. The van der Waals surface area contributed by atoms with Gasteiger partial charge in [-0.05, 0) is 46.0 Å². The van der Waals surface area contributed by atoms with Crippen LogP contribution >= 0.6 is 0 Å². The first-order valence-electron chi connectivity index (χ1n) is 5.71. The molecule has 0 saturated carbocycles. The molecule has 0 bridgehead atoms. The molecule has 2 nitrogen and oxygen atoms in total. The standard InChI is InChI=1S/C13H21NO/c1-11(2)4-3-5-12-6-8-13(9-7-12)10-14-15/h4,6,10,13,15H,3,5,7-9H2,1-2H3/b14-10+. The molecule has 15 heavy (non-hydrogen) atoms. The second-order valence-corrected chi connectivity index (χ2v) is 4.48.